The van der Waals surface area contributed by atoms with Gasteiger partial charge in [-0.2, -0.15) is 0 Å². The molecule has 2 saturated heterocycles. The lowest BCUT2D eigenvalue weighted by molar-refractivity contribution is -0.126. The van der Waals surface area contributed by atoms with E-state index in [1.165, 1.54) is 70.9 Å². The third-order valence-electron chi connectivity index (χ3n) is 6.48. The van der Waals surface area contributed by atoms with Gasteiger partial charge in [0.05, 0.1) is 5.60 Å². The molecule has 2 atom stereocenters. The van der Waals surface area contributed by atoms with Gasteiger partial charge >= 0.3 is 0 Å². The Labute approximate surface area is 130 Å². The monoisotopic (exact) mass is 294 g/mol. The topological polar surface area (TPSA) is 24.5 Å². The first-order valence-corrected chi connectivity index (χ1v) is 9.28. The molecule has 0 aromatic heterocycles. The second-order valence-corrected chi connectivity index (χ2v) is 7.69. The van der Waals surface area contributed by atoms with Gasteiger partial charge in [0.25, 0.3) is 0 Å². The van der Waals surface area contributed by atoms with Crippen molar-refractivity contribution in [1.82, 2.24) is 10.2 Å². The van der Waals surface area contributed by atoms with Crippen molar-refractivity contribution in [2.24, 2.45) is 5.92 Å². The number of likely N-dealkylation sites (tertiary alicyclic amines) is 1. The summed E-state index contributed by atoms with van der Waals surface area (Å²) in [5, 5.41) is 3.44. The van der Waals surface area contributed by atoms with E-state index in [-0.39, 0.29) is 5.60 Å². The van der Waals surface area contributed by atoms with Crippen LogP contribution in [-0.2, 0) is 4.74 Å². The van der Waals surface area contributed by atoms with Gasteiger partial charge in [-0.3, -0.25) is 0 Å². The standard InChI is InChI=1S/C18H34N2O/c1-15(19-2)16-6-11-20(12-7-16)17-8-13-21-18(14-17)9-4-3-5-10-18/h15-17,19H,3-14H2,1-2H3. The van der Waals surface area contributed by atoms with Gasteiger partial charge in [0.1, 0.15) is 0 Å². The predicted molar refractivity (Wildman–Crippen MR) is 87.6 cm³/mol. The van der Waals surface area contributed by atoms with Gasteiger partial charge < -0.3 is 15.0 Å². The van der Waals surface area contributed by atoms with E-state index in [2.05, 4.69) is 24.2 Å². The molecule has 3 fully saturated rings. The maximum atomic E-state index is 6.27. The van der Waals surface area contributed by atoms with Crippen LogP contribution in [-0.4, -0.2) is 49.3 Å². The van der Waals surface area contributed by atoms with Crippen LogP contribution in [0.1, 0.15) is 64.7 Å². The summed E-state index contributed by atoms with van der Waals surface area (Å²) in [5.74, 6) is 0.870. The highest BCUT2D eigenvalue weighted by Gasteiger charge is 2.40. The molecule has 3 nitrogen and oxygen atoms in total. The van der Waals surface area contributed by atoms with Crippen LogP contribution in [0, 0.1) is 5.92 Å². The molecule has 3 rings (SSSR count). The summed E-state index contributed by atoms with van der Waals surface area (Å²) in [4.78, 5) is 2.79. The van der Waals surface area contributed by atoms with E-state index in [1.807, 2.05) is 0 Å². The fourth-order valence-corrected chi connectivity index (χ4v) is 4.88. The van der Waals surface area contributed by atoms with Crippen LogP contribution < -0.4 is 5.32 Å². The molecule has 2 heterocycles. The average Bonchev–Trinajstić information content (AvgIpc) is 2.55. The number of ether oxygens (including phenoxy) is 1. The molecule has 1 saturated carbocycles. The van der Waals surface area contributed by atoms with E-state index in [9.17, 15) is 0 Å². The van der Waals surface area contributed by atoms with Crippen molar-refractivity contribution in [2.75, 3.05) is 26.7 Å². The summed E-state index contributed by atoms with van der Waals surface area (Å²) >= 11 is 0. The van der Waals surface area contributed by atoms with Crippen LogP contribution in [0.5, 0.6) is 0 Å². The molecule has 0 bridgehead atoms. The molecule has 0 radical (unpaired) electrons. The lowest BCUT2D eigenvalue weighted by Crippen LogP contribution is -2.52. The van der Waals surface area contributed by atoms with Crippen LogP contribution >= 0.6 is 0 Å². The van der Waals surface area contributed by atoms with Gasteiger partial charge in [0.2, 0.25) is 0 Å². The van der Waals surface area contributed by atoms with Crippen LogP contribution in [0.15, 0.2) is 0 Å². The molecule has 2 aliphatic heterocycles. The van der Waals surface area contributed by atoms with E-state index in [0.29, 0.717) is 6.04 Å². The summed E-state index contributed by atoms with van der Waals surface area (Å²) < 4.78 is 6.27. The number of nitrogens with one attached hydrogen (secondary N) is 1. The van der Waals surface area contributed by atoms with E-state index in [1.54, 1.807) is 0 Å². The Morgan fingerprint density at radius 2 is 1.81 bits per heavy atom. The SMILES string of the molecule is CNC(C)C1CCN(C2CCOC3(CCCCC3)C2)CC1. The summed E-state index contributed by atoms with van der Waals surface area (Å²) in [7, 11) is 2.10. The molecule has 122 valence electrons. The van der Waals surface area contributed by atoms with E-state index in [4.69, 9.17) is 4.74 Å². The minimum Gasteiger partial charge on any atom is -0.375 e. The fourth-order valence-electron chi connectivity index (χ4n) is 4.88. The molecule has 3 heteroatoms. The Bertz CT molecular complexity index is 314. The molecule has 21 heavy (non-hydrogen) atoms. The average molecular weight is 294 g/mol. The van der Waals surface area contributed by atoms with Crippen molar-refractivity contribution < 1.29 is 4.74 Å². The van der Waals surface area contributed by atoms with Crippen molar-refractivity contribution >= 4 is 0 Å². The largest absolute Gasteiger partial charge is 0.375 e. The van der Waals surface area contributed by atoms with Gasteiger partial charge in [-0.15, -0.1) is 0 Å². The molecular weight excluding hydrogens is 260 g/mol. The second-order valence-electron chi connectivity index (χ2n) is 7.69. The molecule has 0 amide bonds. The predicted octanol–water partition coefficient (Wildman–Crippen LogP) is 3.19. The number of hydrogen-bond acceptors (Lipinski definition) is 3. The summed E-state index contributed by atoms with van der Waals surface area (Å²) in [5.41, 5.74) is 0.260. The molecule has 1 aliphatic carbocycles. The van der Waals surface area contributed by atoms with Crippen molar-refractivity contribution in [3.8, 4) is 0 Å². The molecule has 0 aromatic carbocycles. The smallest absolute Gasteiger partial charge is 0.0697 e. The Morgan fingerprint density at radius 3 is 2.48 bits per heavy atom. The Kier molecular flexibility index (Phi) is 5.23. The van der Waals surface area contributed by atoms with E-state index in [0.717, 1.165) is 18.6 Å². The number of rotatable bonds is 3. The summed E-state index contributed by atoms with van der Waals surface area (Å²) in [6.45, 7) is 5.94. The van der Waals surface area contributed by atoms with Gasteiger partial charge in [-0.05, 0) is 71.5 Å². The molecule has 0 aromatic rings. The quantitative estimate of drug-likeness (QED) is 0.865. The number of piperidine rings is 1. The summed E-state index contributed by atoms with van der Waals surface area (Å²) in [6.07, 6.45) is 12.1. The third kappa shape index (κ3) is 3.62. The van der Waals surface area contributed by atoms with Gasteiger partial charge in [-0.1, -0.05) is 19.3 Å². The van der Waals surface area contributed by atoms with Crippen LogP contribution in [0.3, 0.4) is 0 Å². The second kappa shape index (κ2) is 6.97. The number of hydrogen-bond donors (Lipinski definition) is 1. The van der Waals surface area contributed by atoms with Crippen molar-refractivity contribution in [1.29, 1.82) is 0 Å². The highest BCUT2D eigenvalue weighted by Crippen LogP contribution is 2.40. The Hall–Kier alpha value is -0.120. The van der Waals surface area contributed by atoms with Crippen molar-refractivity contribution in [3.63, 3.8) is 0 Å². The molecule has 1 spiro atoms. The highest BCUT2D eigenvalue weighted by atomic mass is 16.5. The highest BCUT2D eigenvalue weighted by molar-refractivity contribution is 4.94. The minimum atomic E-state index is 0.260. The normalized spacial score (nSPS) is 33.1. The van der Waals surface area contributed by atoms with Crippen LogP contribution in [0.4, 0.5) is 0 Å². The fraction of sp³-hybridized carbons (Fsp3) is 1.00. The van der Waals surface area contributed by atoms with Crippen molar-refractivity contribution in [3.05, 3.63) is 0 Å². The molecule has 1 N–H and O–H groups in total. The first kappa shape index (κ1) is 15.8. The van der Waals surface area contributed by atoms with Crippen molar-refractivity contribution in [2.45, 2.75) is 82.4 Å². The van der Waals surface area contributed by atoms with Gasteiger partial charge in [0, 0.05) is 18.7 Å². The summed E-state index contributed by atoms with van der Waals surface area (Å²) in [6, 6.07) is 1.47. The Balaban J connectivity index is 1.53. The first-order valence-electron chi connectivity index (χ1n) is 9.28. The van der Waals surface area contributed by atoms with E-state index >= 15 is 0 Å². The van der Waals surface area contributed by atoms with E-state index < -0.39 is 0 Å². The first-order chi connectivity index (χ1) is 10.2. The van der Waals surface area contributed by atoms with Crippen LogP contribution in [0.25, 0.3) is 0 Å². The van der Waals surface area contributed by atoms with Gasteiger partial charge in [-0.25, -0.2) is 0 Å². The molecule has 3 aliphatic rings. The zero-order valence-electron chi connectivity index (χ0n) is 14.1. The lowest BCUT2D eigenvalue weighted by atomic mass is 9.77. The number of nitrogens with zero attached hydrogens (tertiary/aromatic N) is 1. The molecular formula is C18H34N2O. The maximum Gasteiger partial charge on any atom is 0.0697 e. The van der Waals surface area contributed by atoms with Gasteiger partial charge in [0.15, 0.2) is 0 Å². The zero-order chi connectivity index (χ0) is 14.7. The minimum absolute atomic E-state index is 0.260. The Morgan fingerprint density at radius 1 is 1.10 bits per heavy atom. The zero-order valence-corrected chi connectivity index (χ0v) is 14.1. The lowest BCUT2D eigenvalue weighted by Gasteiger charge is -2.48. The maximum absolute atomic E-state index is 6.27. The molecule has 2 unspecified atom stereocenters. The third-order valence-corrected chi connectivity index (χ3v) is 6.48. The van der Waals surface area contributed by atoms with Crippen LogP contribution in [0.2, 0.25) is 0 Å².